The van der Waals surface area contributed by atoms with Gasteiger partial charge in [-0.2, -0.15) is 0 Å². The van der Waals surface area contributed by atoms with Gasteiger partial charge in [0.1, 0.15) is 23.1 Å². The second kappa shape index (κ2) is 6.74. The summed E-state index contributed by atoms with van der Waals surface area (Å²) in [6.45, 7) is 5.39. The average molecular weight is 250 g/mol. The Morgan fingerprint density at radius 2 is 1.33 bits per heavy atom. The van der Waals surface area contributed by atoms with E-state index in [2.05, 4.69) is 0 Å². The average Bonchev–Trinajstić information content (AvgIpc) is 2.39. The van der Waals surface area contributed by atoms with Crippen LogP contribution in [-0.4, -0.2) is 0 Å². The third kappa shape index (κ3) is 3.55. The highest BCUT2D eigenvalue weighted by Gasteiger charge is 2.07. The predicted octanol–water partition coefficient (Wildman–Crippen LogP) is 5.09. The first-order valence-electron chi connectivity index (χ1n) is 5.85. The first-order chi connectivity index (χ1) is 8.66. The Morgan fingerprint density at radius 3 is 1.83 bits per heavy atom. The first-order valence-corrected chi connectivity index (χ1v) is 5.85. The molecule has 0 aliphatic heterocycles. The zero-order valence-electron chi connectivity index (χ0n) is 10.7. The van der Waals surface area contributed by atoms with Crippen molar-refractivity contribution in [3.05, 3.63) is 59.7 Å². The molecule has 0 saturated carbocycles. The fourth-order valence-electron chi connectivity index (χ4n) is 1.31. The molecule has 18 heavy (non-hydrogen) atoms. The van der Waals surface area contributed by atoms with Gasteiger partial charge in [-0.1, -0.05) is 32.0 Å². The molecule has 2 aromatic carbocycles. The van der Waals surface area contributed by atoms with E-state index in [9.17, 15) is 8.78 Å². The van der Waals surface area contributed by atoms with E-state index < -0.39 is 11.6 Å². The van der Waals surface area contributed by atoms with E-state index in [1.165, 1.54) is 19.1 Å². The van der Waals surface area contributed by atoms with E-state index in [-0.39, 0.29) is 11.3 Å². The summed E-state index contributed by atoms with van der Waals surface area (Å²) < 4.78 is 31.8. The number of hydrogen-bond donors (Lipinski definition) is 0. The molecule has 0 unspecified atom stereocenters. The summed E-state index contributed by atoms with van der Waals surface area (Å²) in [5.74, 6) is -0.506. The molecule has 0 saturated heterocycles. The third-order valence-electron chi connectivity index (χ3n) is 2.23. The molecule has 0 heterocycles. The van der Waals surface area contributed by atoms with E-state index in [1.807, 2.05) is 19.9 Å². The van der Waals surface area contributed by atoms with Gasteiger partial charge >= 0.3 is 0 Å². The van der Waals surface area contributed by atoms with Crippen LogP contribution in [0, 0.1) is 18.6 Å². The maximum Gasteiger partial charge on any atom is 0.133 e. The van der Waals surface area contributed by atoms with Gasteiger partial charge in [-0.3, -0.25) is 0 Å². The van der Waals surface area contributed by atoms with Crippen LogP contribution in [0.4, 0.5) is 8.78 Å². The molecule has 0 bridgehead atoms. The van der Waals surface area contributed by atoms with Gasteiger partial charge in [-0.15, -0.1) is 0 Å². The highest BCUT2D eigenvalue weighted by atomic mass is 19.1. The van der Waals surface area contributed by atoms with Gasteiger partial charge in [0.25, 0.3) is 0 Å². The second-order valence-electron chi connectivity index (χ2n) is 3.43. The quantitative estimate of drug-likeness (QED) is 0.721. The van der Waals surface area contributed by atoms with Gasteiger partial charge < -0.3 is 4.74 Å². The minimum Gasteiger partial charge on any atom is -0.457 e. The van der Waals surface area contributed by atoms with Gasteiger partial charge in [-0.05, 0) is 19.1 Å². The lowest BCUT2D eigenvalue weighted by molar-refractivity contribution is 0.466. The van der Waals surface area contributed by atoms with E-state index in [1.54, 1.807) is 24.3 Å². The molecular weight excluding hydrogens is 234 g/mol. The Bertz CT molecular complexity index is 472. The molecule has 0 radical (unpaired) electrons. The number of para-hydroxylation sites is 1. The van der Waals surface area contributed by atoms with Crippen LogP contribution in [-0.2, 0) is 0 Å². The summed E-state index contributed by atoms with van der Waals surface area (Å²) in [5.41, 5.74) is 0.000381. The van der Waals surface area contributed by atoms with Gasteiger partial charge in [-0.25, -0.2) is 8.78 Å². The standard InChI is InChI=1S/C13H10F2O.C2H6/c1-9-12(14)7-11(8-13(9)15)16-10-5-3-2-4-6-10;1-2/h2-8H,1H3;1-2H3. The van der Waals surface area contributed by atoms with Gasteiger partial charge in [0.2, 0.25) is 0 Å². The number of benzene rings is 2. The monoisotopic (exact) mass is 250 g/mol. The third-order valence-corrected chi connectivity index (χ3v) is 2.23. The molecule has 1 nitrogen and oxygen atoms in total. The zero-order valence-corrected chi connectivity index (χ0v) is 10.7. The molecule has 0 atom stereocenters. The van der Waals surface area contributed by atoms with Crippen molar-refractivity contribution in [1.29, 1.82) is 0 Å². The normalized spacial score (nSPS) is 9.39. The molecular formula is C15H16F2O. The van der Waals surface area contributed by atoms with Gasteiger partial charge in [0.05, 0.1) is 0 Å². The molecule has 0 amide bonds. The van der Waals surface area contributed by atoms with Gasteiger partial charge in [0, 0.05) is 17.7 Å². The minimum atomic E-state index is -0.606. The number of ether oxygens (including phenoxy) is 1. The summed E-state index contributed by atoms with van der Waals surface area (Å²) in [6.07, 6.45) is 0. The Labute approximate surface area is 106 Å². The van der Waals surface area contributed by atoms with Crippen molar-refractivity contribution in [2.24, 2.45) is 0 Å². The fourth-order valence-corrected chi connectivity index (χ4v) is 1.31. The molecule has 2 aromatic rings. The molecule has 96 valence electrons. The van der Waals surface area contributed by atoms with Crippen molar-refractivity contribution in [3.63, 3.8) is 0 Å². The molecule has 2 rings (SSSR count). The van der Waals surface area contributed by atoms with Crippen molar-refractivity contribution in [2.45, 2.75) is 20.8 Å². The number of halogens is 2. The summed E-state index contributed by atoms with van der Waals surface area (Å²) in [6, 6.07) is 11.2. The number of hydrogen-bond acceptors (Lipinski definition) is 1. The topological polar surface area (TPSA) is 9.23 Å². The lowest BCUT2D eigenvalue weighted by Crippen LogP contribution is -1.91. The maximum atomic E-state index is 13.2. The molecule has 3 heteroatoms. The Morgan fingerprint density at radius 1 is 0.833 bits per heavy atom. The van der Waals surface area contributed by atoms with Crippen LogP contribution >= 0.6 is 0 Å². The SMILES string of the molecule is CC.Cc1c(F)cc(Oc2ccccc2)cc1F. The highest BCUT2D eigenvalue weighted by molar-refractivity contribution is 5.34. The minimum absolute atomic E-state index is 0.000381. The Balaban J connectivity index is 0.000000771. The van der Waals surface area contributed by atoms with Crippen LogP contribution < -0.4 is 4.74 Å². The van der Waals surface area contributed by atoms with Crippen LogP contribution in [0.1, 0.15) is 19.4 Å². The smallest absolute Gasteiger partial charge is 0.133 e. The van der Waals surface area contributed by atoms with E-state index >= 15 is 0 Å². The molecule has 0 spiro atoms. The lowest BCUT2D eigenvalue weighted by Gasteiger charge is -2.07. The molecule has 0 aromatic heterocycles. The fraction of sp³-hybridized carbons (Fsp3) is 0.200. The van der Waals surface area contributed by atoms with Crippen LogP contribution in [0.25, 0.3) is 0 Å². The zero-order chi connectivity index (χ0) is 13.5. The Hall–Kier alpha value is -1.90. The van der Waals surface area contributed by atoms with Crippen LogP contribution in [0.15, 0.2) is 42.5 Å². The van der Waals surface area contributed by atoms with Crippen LogP contribution in [0.3, 0.4) is 0 Å². The Kier molecular flexibility index (Phi) is 5.31. The lowest BCUT2D eigenvalue weighted by atomic mass is 10.2. The molecule has 0 fully saturated rings. The van der Waals surface area contributed by atoms with Crippen molar-refractivity contribution < 1.29 is 13.5 Å². The first kappa shape index (κ1) is 14.2. The van der Waals surface area contributed by atoms with Crippen molar-refractivity contribution in [3.8, 4) is 11.5 Å². The predicted molar refractivity (Wildman–Crippen MR) is 69.0 cm³/mol. The van der Waals surface area contributed by atoms with Crippen LogP contribution in [0.2, 0.25) is 0 Å². The summed E-state index contributed by atoms with van der Waals surface area (Å²) in [7, 11) is 0. The highest BCUT2D eigenvalue weighted by Crippen LogP contribution is 2.24. The van der Waals surface area contributed by atoms with Gasteiger partial charge in [0.15, 0.2) is 0 Å². The van der Waals surface area contributed by atoms with E-state index in [4.69, 9.17) is 4.74 Å². The summed E-state index contributed by atoms with van der Waals surface area (Å²) in [5, 5.41) is 0. The second-order valence-corrected chi connectivity index (χ2v) is 3.43. The summed E-state index contributed by atoms with van der Waals surface area (Å²) >= 11 is 0. The molecule has 0 N–H and O–H groups in total. The maximum absolute atomic E-state index is 13.2. The van der Waals surface area contributed by atoms with Crippen molar-refractivity contribution in [1.82, 2.24) is 0 Å². The van der Waals surface area contributed by atoms with Crippen molar-refractivity contribution >= 4 is 0 Å². The largest absolute Gasteiger partial charge is 0.457 e. The molecule has 0 aliphatic carbocycles. The summed E-state index contributed by atoms with van der Waals surface area (Å²) in [4.78, 5) is 0. The van der Waals surface area contributed by atoms with Crippen LogP contribution in [0.5, 0.6) is 11.5 Å². The van der Waals surface area contributed by atoms with E-state index in [0.29, 0.717) is 5.75 Å². The molecule has 0 aliphatic rings. The number of rotatable bonds is 2. The van der Waals surface area contributed by atoms with E-state index in [0.717, 1.165) is 0 Å². The van der Waals surface area contributed by atoms with Crippen molar-refractivity contribution in [2.75, 3.05) is 0 Å².